The summed E-state index contributed by atoms with van der Waals surface area (Å²) >= 11 is 0. The lowest BCUT2D eigenvalue weighted by Gasteiger charge is -2.14. The van der Waals surface area contributed by atoms with Gasteiger partial charge in [0.1, 0.15) is 0 Å². The third-order valence-corrected chi connectivity index (χ3v) is 3.56. The van der Waals surface area contributed by atoms with Crippen LogP contribution in [0, 0.1) is 5.39 Å². The van der Waals surface area contributed by atoms with Crippen molar-refractivity contribution < 1.29 is 19.3 Å². The summed E-state index contributed by atoms with van der Waals surface area (Å²) in [7, 11) is 4.70. The van der Waals surface area contributed by atoms with Crippen LogP contribution in [0.4, 0.5) is 5.69 Å². The van der Waals surface area contributed by atoms with Gasteiger partial charge in [-0.15, -0.1) is 0 Å². The Labute approximate surface area is 134 Å². The molecular formula is C17H18N2O4. The van der Waals surface area contributed by atoms with Crippen molar-refractivity contribution in [3.8, 4) is 23.0 Å². The highest BCUT2D eigenvalue weighted by atomic mass is 16.5. The molecule has 0 spiro atoms. The summed E-state index contributed by atoms with van der Waals surface area (Å²) in [5.41, 5.74) is 1.96. The van der Waals surface area contributed by atoms with Crippen LogP contribution < -0.4 is 19.3 Å². The average Bonchev–Trinajstić information content (AvgIpc) is 2.59. The molecule has 0 radical (unpaired) electrons. The standard InChI is InChI=1S/C17H18N2O4/c1-21-15-9-12(10-16(22-2)17(15)23-3)5-4-11-6-7-14(20)13(8-11)19-18/h6-10H,4-5H2,1-3H3. The summed E-state index contributed by atoms with van der Waals surface area (Å²) in [6.45, 7) is 0. The van der Waals surface area contributed by atoms with Gasteiger partial charge in [0, 0.05) is 6.07 Å². The molecule has 0 saturated heterocycles. The maximum Gasteiger partial charge on any atom is 0.377 e. The predicted molar refractivity (Wildman–Crippen MR) is 84.1 cm³/mol. The molecule has 0 heterocycles. The van der Waals surface area contributed by atoms with E-state index in [2.05, 4.69) is 4.98 Å². The van der Waals surface area contributed by atoms with Gasteiger partial charge in [-0.25, -0.2) is 0 Å². The van der Waals surface area contributed by atoms with E-state index in [4.69, 9.17) is 19.6 Å². The molecule has 2 aromatic rings. The van der Waals surface area contributed by atoms with Crippen LogP contribution in [0.3, 0.4) is 0 Å². The highest BCUT2D eigenvalue weighted by molar-refractivity contribution is 5.57. The van der Waals surface area contributed by atoms with Crippen LogP contribution in [-0.4, -0.2) is 21.3 Å². The van der Waals surface area contributed by atoms with Gasteiger partial charge in [-0.3, -0.25) is 0 Å². The van der Waals surface area contributed by atoms with Crippen LogP contribution in [0.1, 0.15) is 11.1 Å². The van der Waals surface area contributed by atoms with E-state index in [0.29, 0.717) is 30.1 Å². The van der Waals surface area contributed by atoms with Crippen LogP contribution >= 0.6 is 0 Å². The lowest BCUT2D eigenvalue weighted by Crippen LogP contribution is -1.99. The minimum absolute atomic E-state index is 0.0485. The van der Waals surface area contributed by atoms with Gasteiger partial charge in [-0.2, -0.15) is 0 Å². The first-order valence-corrected chi connectivity index (χ1v) is 7.06. The van der Waals surface area contributed by atoms with Gasteiger partial charge in [0.2, 0.25) is 11.1 Å². The van der Waals surface area contributed by atoms with Crippen molar-refractivity contribution in [1.82, 2.24) is 0 Å². The molecule has 2 rings (SSSR count). The molecular weight excluding hydrogens is 296 g/mol. The normalized spacial score (nSPS) is 10.0. The molecule has 0 atom stereocenters. The molecule has 23 heavy (non-hydrogen) atoms. The minimum Gasteiger partial charge on any atom is -0.867 e. The second-order valence-corrected chi connectivity index (χ2v) is 4.94. The molecule has 0 bridgehead atoms. The predicted octanol–water partition coefficient (Wildman–Crippen LogP) is 3.06. The highest BCUT2D eigenvalue weighted by Gasteiger charge is 2.13. The molecule has 0 aliphatic carbocycles. The first-order chi connectivity index (χ1) is 11.1. The van der Waals surface area contributed by atoms with E-state index in [1.54, 1.807) is 33.5 Å². The molecule has 0 amide bonds. The van der Waals surface area contributed by atoms with Crippen LogP contribution in [0.15, 0.2) is 30.3 Å². The summed E-state index contributed by atoms with van der Waals surface area (Å²) in [6.07, 6.45) is 1.39. The Hall–Kier alpha value is -2.94. The highest BCUT2D eigenvalue weighted by Crippen LogP contribution is 2.38. The van der Waals surface area contributed by atoms with Gasteiger partial charge in [0.05, 0.1) is 21.3 Å². The average molecular weight is 314 g/mol. The first-order valence-electron chi connectivity index (χ1n) is 7.06. The number of benzene rings is 2. The van der Waals surface area contributed by atoms with Gasteiger partial charge >= 0.3 is 5.69 Å². The van der Waals surface area contributed by atoms with E-state index in [0.717, 1.165) is 11.1 Å². The molecule has 0 saturated carbocycles. The SMILES string of the molecule is COc1cc(CCc2ccc([O-])c([N+]#N)c2)cc(OC)c1OC. The van der Waals surface area contributed by atoms with Gasteiger partial charge < -0.3 is 19.3 Å². The third kappa shape index (κ3) is 3.64. The number of nitrogens with zero attached hydrogens (tertiary/aromatic N) is 2. The summed E-state index contributed by atoms with van der Waals surface area (Å²) in [5.74, 6) is 1.45. The molecule has 120 valence electrons. The van der Waals surface area contributed by atoms with E-state index >= 15 is 0 Å². The number of diazo groups is 1. The number of methoxy groups -OCH3 is 3. The van der Waals surface area contributed by atoms with Gasteiger partial charge in [0.25, 0.3) is 0 Å². The van der Waals surface area contributed by atoms with E-state index in [-0.39, 0.29) is 11.4 Å². The zero-order valence-corrected chi connectivity index (χ0v) is 13.3. The minimum atomic E-state index is -0.302. The zero-order chi connectivity index (χ0) is 16.8. The fraction of sp³-hybridized carbons (Fsp3) is 0.294. The lowest BCUT2D eigenvalue weighted by molar-refractivity contribution is -0.266. The lowest BCUT2D eigenvalue weighted by atomic mass is 10.0. The van der Waals surface area contributed by atoms with Crippen LogP contribution in [0.5, 0.6) is 23.0 Å². The Balaban J connectivity index is 2.22. The molecule has 6 nitrogen and oxygen atoms in total. The summed E-state index contributed by atoms with van der Waals surface area (Å²) < 4.78 is 16.0. The Morgan fingerprint density at radius 3 is 2.04 bits per heavy atom. The van der Waals surface area contributed by atoms with Crippen LogP contribution in [-0.2, 0) is 12.8 Å². The van der Waals surface area contributed by atoms with Crippen molar-refractivity contribution in [2.24, 2.45) is 0 Å². The monoisotopic (exact) mass is 314 g/mol. The smallest absolute Gasteiger partial charge is 0.377 e. The van der Waals surface area contributed by atoms with Gasteiger partial charge in [0.15, 0.2) is 16.5 Å². The molecule has 6 heteroatoms. The molecule has 0 aliphatic heterocycles. The first kappa shape index (κ1) is 16.4. The number of ether oxygens (including phenoxy) is 3. The quantitative estimate of drug-likeness (QED) is 0.766. The zero-order valence-electron chi connectivity index (χ0n) is 13.3. The number of aryl methyl sites for hydroxylation is 2. The fourth-order valence-electron chi connectivity index (χ4n) is 2.37. The molecule has 2 aromatic carbocycles. The topological polar surface area (TPSA) is 78.9 Å². The van der Waals surface area contributed by atoms with Crippen LogP contribution in [0.25, 0.3) is 4.98 Å². The Morgan fingerprint density at radius 2 is 1.52 bits per heavy atom. The van der Waals surface area contributed by atoms with E-state index in [1.807, 2.05) is 12.1 Å². The molecule has 0 aliphatic rings. The van der Waals surface area contributed by atoms with Crippen molar-refractivity contribution in [2.75, 3.05) is 21.3 Å². The van der Waals surface area contributed by atoms with E-state index in [1.165, 1.54) is 6.07 Å². The fourth-order valence-corrected chi connectivity index (χ4v) is 2.37. The summed E-state index contributed by atoms with van der Waals surface area (Å²) in [6, 6.07) is 8.50. The number of hydrogen-bond acceptors (Lipinski definition) is 5. The van der Waals surface area contributed by atoms with Crippen molar-refractivity contribution in [3.63, 3.8) is 0 Å². The van der Waals surface area contributed by atoms with E-state index < -0.39 is 0 Å². The number of rotatable bonds is 6. The second kappa shape index (κ2) is 7.36. The molecule has 0 aromatic heterocycles. The summed E-state index contributed by atoms with van der Waals surface area (Å²) in [4.78, 5) is 2.99. The van der Waals surface area contributed by atoms with Crippen molar-refractivity contribution >= 4 is 5.69 Å². The maximum atomic E-state index is 11.4. The Kier molecular flexibility index (Phi) is 5.26. The molecule has 0 fully saturated rings. The van der Waals surface area contributed by atoms with E-state index in [9.17, 15) is 5.11 Å². The Morgan fingerprint density at radius 1 is 0.913 bits per heavy atom. The van der Waals surface area contributed by atoms with Crippen LogP contribution in [0.2, 0.25) is 0 Å². The van der Waals surface area contributed by atoms with Crippen molar-refractivity contribution in [2.45, 2.75) is 12.8 Å². The molecule has 0 N–H and O–H groups in total. The second-order valence-electron chi connectivity index (χ2n) is 4.94. The maximum absolute atomic E-state index is 11.4. The van der Waals surface area contributed by atoms with Gasteiger partial charge in [-0.1, -0.05) is 12.1 Å². The van der Waals surface area contributed by atoms with Crippen molar-refractivity contribution in [1.29, 1.82) is 5.39 Å². The largest absolute Gasteiger partial charge is 0.867 e. The number of hydrogen-bond donors (Lipinski definition) is 0. The third-order valence-electron chi connectivity index (χ3n) is 3.56. The summed E-state index contributed by atoms with van der Waals surface area (Å²) in [5, 5.41) is 20.2. The van der Waals surface area contributed by atoms with Crippen molar-refractivity contribution in [3.05, 3.63) is 46.4 Å². The Bertz CT molecular complexity index is 713. The van der Waals surface area contributed by atoms with Gasteiger partial charge in [-0.05, 0) is 41.9 Å². The molecule has 0 unspecified atom stereocenters.